The molecular weight excluding hydrogens is 290 g/mol. The second-order valence-electron chi connectivity index (χ2n) is 4.43. The van der Waals surface area contributed by atoms with Gasteiger partial charge in [-0.15, -0.1) is 0 Å². The zero-order valence-electron chi connectivity index (χ0n) is 12.0. The second kappa shape index (κ2) is 6.99. The highest BCUT2D eigenvalue weighted by atomic mass is 16.6. The lowest BCUT2D eigenvalue weighted by atomic mass is 10.1. The summed E-state index contributed by atoms with van der Waals surface area (Å²) in [6.07, 6.45) is 0. The lowest BCUT2D eigenvalue weighted by Crippen LogP contribution is -2.17. The third-order valence-corrected chi connectivity index (χ3v) is 2.75. The van der Waals surface area contributed by atoms with Gasteiger partial charge in [0.1, 0.15) is 11.6 Å². The Morgan fingerprint density at radius 1 is 1.45 bits per heavy atom. The number of carbonyl (C=O) groups is 2. The number of rotatable bonds is 5. The Hall–Kier alpha value is -3.21. The molecule has 0 spiro atoms. The highest BCUT2D eigenvalue weighted by molar-refractivity contribution is 6.02. The van der Waals surface area contributed by atoms with Crippen LogP contribution in [0.5, 0.6) is 0 Å². The zero-order chi connectivity index (χ0) is 16.9. The molecule has 0 atom stereocenters. The van der Waals surface area contributed by atoms with Crippen LogP contribution in [0.15, 0.2) is 29.5 Å². The summed E-state index contributed by atoms with van der Waals surface area (Å²) in [5.74, 6) is -1.53. The second-order valence-corrected chi connectivity index (χ2v) is 4.43. The number of nitrogens with zero attached hydrogens (tertiary/aromatic N) is 2. The van der Waals surface area contributed by atoms with Gasteiger partial charge >= 0.3 is 5.97 Å². The topological polar surface area (TPSA) is 136 Å². The zero-order valence-corrected chi connectivity index (χ0v) is 12.0. The minimum Gasteiger partial charge on any atom is -0.454 e. The fourth-order valence-electron chi connectivity index (χ4n) is 1.64. The van der Waals surface area contributed by atoms with Crippen molar-refractivity contribution >= 4 is 17.4 Å². The van der Waals surface area contributed by atoms with Gasteiger partial charge in [0.05, 0.1) is 10.5 Å². The number of hydrogen-bond acceptors (Lipinski definition) is 7. The fraction of sp³-hybridized carbons (Fsp3) is 0.214. The van der Waals surface area contributed by atoms with E-state index in [-0.39, 0.29) is 22.5 Å². The van der Waals surface area contributed by atoms with Crippen LogP contribution in [-0.2, 0) is 9.53 Å². The van der Waals surface area contributed by atoms with Crippen molar-refractivity contribution in [2.24, 2.45) is 5.73 Å². The summed E-state index contributed by atoms with van der Waals surface area (Å²) in [5, 5.41) is 19.4. The number of nitrogens with two attached hydrogens (primary N) is 1. The average molecular weight is 303 g/mol. The van der Waals surface area contributed by atoms with Crippen molar-refractivity contribution < 1.29 is 19.2 Å². The summed E-state index contributed by atoms with van der Waals surface area (Å²) >= 11 is 0. The molecule has 1 aromatic carbocycles. The van der Waals surface area contributed by atoms with Gasteiger partial charge in [-0.25, -0.2) is 4.79 Å². The van der Waals surface area contributed by atoms with Gasteiger partial charge in [0.2, 0.25) is 5.78 Å². The van der Waals surface area contributed by atoms with Gasteiger partial charge < -0.3 is 10.5 Å². The van der Waals surface area contributed by atoms with E-state index >= 15 is 0 Å². The molecule has 0 heterocycles. The number of nitro benzene ring substituents is 1. The van der Waals surface area contributed by atoms with Crippen molar-refractivity contribution in [2.45, 2.75) is 13.8 Å². The summed E-state index contributed by atoms with van der Waals surface area (Å²) in [4.78, 5) is 33.5. The average Bonchev–Trinajstić information content (AvgIpc) is 2.44. The highest BCUT2D eigenvalue weighted by Gasteiger charge is 2.17. The predicted octanol–water partition coefficient (Wildman–Crippen LogP) is 1.39. The smallest absolute Gasteiger partial charge is 0.338 e. The maximum Gasteiger partial charge on any atom is 0.338 e. The first-order chi connectivity index (χ1) is 10.3. The predicted molar refractivity (Wildman–Crippen MR) is 75.6 cm³/mol. The summed E-state index contributed by atoms with van der Waals surface area (Å²) in [5.41, 5.74) is 5.37. The van der Waals surface area contributed by atoms with Crippen molar-refractivity contribution in [3.63, 3.8) is 0 Å². The molecule has 22 heavy (non-hydrogen) atoms. The fourth-order valence-corrected chi connectivity index (χ4v) is 1.64. The quantitative estimate of drug-likeness (QED) is 0.285. The van der Waals surface area contributed by atoms with Crippen molar-refractivity contribution in [2.75, 3.05) is 6.61 Å². The molecule has 2 N–H and O–H groups in total. The molecule has 0 radical (unpaired) electrons. The van der Waals surface area contributed by atoms with E-state index in [2.05, 4.69) is 0 Å². The highest BCUT2D eigenvalue weighted by Crippen LogP contribution is 2.19. The number of carbonyl (C=O) groups excluding carboxylic acids is 2. The van der Waals surface area contributed by atoms with E-state index in [0.717, 1.165) is 0 Å². The van der Waals surface area contributed by atoms with Crippen molar-refractivity contribution in [3.8, 4) is 6.07 Å². The lowest BCUT2D eigenvalue weighted by Gasteiger charge is -2.05. The first-order valence-corrected chi connectivity index (χ1v) is 6.09. The molecular formula is C14H13N3O5. The molecule has 0 unspecified atom stereocenters. The van der Waals surface area contributed by atoms with E-state index in [1.54, 1.807) is 6.07 Å². The molecule has 0 aliphatic heterocycles. The molecule has 0 aliphatic carbocycles. The summed E-state index contributed by atoms with van der Waals surface area (Å²) in [7, 11) is 0. The van der Waals surface area contributed by atoms with Gasteiger partial charge in [-0.05, 0) is 26.0 Å². The van der Waals surface area contributed by atoms with Crippen LogP contribution in [0.2, 0.25) is 0 Å². The molecule has 1 aromatic rings. The van der Waals surface area contributed by atoms with Gasteiger partial charge in [0, 0.05) is 17.3 Å². The SMILES string of the molecule is C/C(N)=C(/C#N)C(=O)COC(=O)c1ccc([N+](=O)[O-])c(C)c1. The number of ketones is 1. The molecule has 0 saturated heterocycles. The summed E-state index contributed by atoms with van der Waals surface area (Å²) in [6, 6.07) is 5.33. The first kappa shape index (κ1) is 16.8. The van der Waals surface area contributed by atoms with Gasteiger partial charge in [-0.3, -0.25) is 14.9 Å². The summed E-state index contributed by atoms with van der Waals surface area (Å²) < 4.78 is 4.78. The van der Waals surface area contributed by atoms with E-state index < -0.39 is 23.3 Å². The van der Waals surface area contributed by atoms with Crippen molar-refractivity contribution in [1.29, 1.82) is 5.26 Å². The third kappa shape index (κ3) is 3.89. The third-order valence-electron chi connectivity index (χ3n) is 2.75. The molecule has 1 rings (SSSR count). The van der Waals surface area contributed by atoms with Crippen molar-refractivity contribution in [3.05, 3.63) is 50.7 Å². The Bertz CT molecular complexity index is 712. The Morgan fingerprint density at radius 2 is 2.09 bits per heavy atom. The number of aryl methyl sites for hydroxylation is 1. The largest absolute Gasteiger partial charge is 0.454 e. The van der Waals surface area contributed by atoms with Crippen LogP contribution >= 0.6 is 0 Å². The van der Waals surface area contributed by atoms with Crippen LogP contribution in [0.3, 0.4) is 0 Å². The Morgan fingerprint density at radius 3 is 2.55 bits per heavy atom. The van der Waals surface area contributed by atoms with Crippen LogP contribution in [0.1, 0.15) is 22.8 Å². The number of hydrogen-bond donors (Lipinski definition) is 1. The molecule has 0 aromatic heterocycles. The number of nitriles is 1. The van der Waals surface area contributed by atoms with Crippen LogP contribution in [0.4, 0.5) is 5.69 Å². The minimum absolute atomic E-state index is 0.0368. The van der Waals surface area contributed by atoms with Crippen LogP contribution in [0, 0.1) is 28.4 Å². The maximum absolute atomic E-state index is 11.8. The standard InChI is InChI=1S/C14H13N3O5/c1-8-5-10(3-4-12(8)17(20)21)14(19)22-7-13(18)11(6-15)9(2)16/h3-5H,7,16H2,1-2H3/b11-9+. The number of Topliss-reactive ketones (excluding diaryl/α,β-unsaturated/α-hetero) is 1. The molecule has 0 amide bonds. The number of allylic oxidation sites excluding steroid dienone is 1. The van der Waals surface area contributed by atoms with Gasteiger partial charge in [-0.2, -0.15) is 5.26 Å². The van der Waals surface area contributed by atoms with Gasteiger partial charge in [0.25, 0.3) is 5.69 Å². The van der Waals surface area contributed by atoms with Crippen LogP contribution in [-0.4, -0.2) is 23.3 Å². The Balaban J connectivity index is 2.81. The number of benzene rings is 1. The molecule has 114 valence electrons. The normalized spacial score (nSPS) is 11.1. The van der Waals surface area contributed by atoms with E-state index in [0.29, 0.717) is 5.56 Å². The molecule has 8 nitrogen and oxygen atoms in total. The first-order valence-electron chi connectivity index (χ1n) is 6.09. The van der Waals surface area contributed by atoms with Crippen LogP contribution in [0.25, 0.3) is 0 Å². The number of ether oxygens (including phenoxy) is 1. The molecule has 8 heteroatoms. The molecule has 0 aliphatic rings. The van der Waals surface area contributed by atoms with Crippen molar-refractivity contribution in [1.82, 2.24) is 0 Å². The van der Waals surface area contributed by atoms with E-state index in [1.165, 1.54) is 32.0 Å². The van der Waals surface area contributed by atoms with Gasteiger partial charge in [-0.1, -0.05) is 0 Å². The minimum atomic E-state index is -0.821. The monoisotopic (exact) mass is 303 g/mol. The molecule has 0 saturated carbocycles. The van der Waals surface area contributed by atoms with E-state index in [4.69, 9.17) is 15.7 Å². The van der Waals surface area contributed by atoms with E-state index in [9.17, 15) is 19.7 Å². The molecule has 0 fully saturated rings. The lowest BCUT2D eigenvalue weighted by molar-refractivity contribution is -0.385. The molecule has 0 bridgehead atoms. The Labute approximate surface area is 125 Å². The van der Waals surface area contributed by atoms with E-state index in [1.807, 2.05) is 0 Å². The number of esters is 1. The Kier molecular flexibility index (Phi) is 5.35. The maximum atomic E-state index is 11.8. The number of nitro groups is 1. The van der Waals surface area contributed by atoms with Gasteiger partial charge in [0.15, 0.2) is 6.61 Å². The summed E-state index contributed by atoms with van der Waals surface area (Å²) in [6.45, 7) is 2.23. The van der Waals surface area contributed by atoms with Crippen LogP contribution < -0.4 is 5.73 Å².